The van der Waals surface area contributed by atoms with E-state index in [-0.39, 0.29) is 25.2 Å². The summed E-state index contributed by atoms with van der Waals surface area (Å²) in [4.78, 5) is 54.2. The Balaban J connectivity index is 2.05. The Hall–Kier alpha value is -4.41. The highest BCUT2D eigenvalue weighted by atomic mass is 16.4. The van der Waals surface area contributed by atoms with Crippen LogP contribution in [0.3, 0.4) is 0 Å². The SMILES string of the molecule is NC(N)=NCCCCCCCCC(=O)N[C@@H](CC(=O)O)C(=O)NC(Cc1ccccc1)(Cc1ccccc1)C(=O)O. The average Bonchev–Trinajstić information content (AvgIpc) is 2.92. The number of nitrogens with one attached hydrogen (secondary N) is 2. The number of amides is 2. The molecule has 0 spiro atoms. The third kappa shape index (κ3) is 12.5. The van der Waals surface area contributed by atoms with Crippen LogP contribution in [-0.2, 0) is 32.0 Å². The lowest BCUT2D eigenvalue weighted by molar-refractivity contribution is -0.148. The molecule has 2 aromatic rings. The van der Waals surface area contributed by atoms with Crippen LogP contribution in [0.4, 0.5) is 0 Å². The van der Waals surface area contributed by atoms with Crippen molar-refractivity contribution in [3.63, 3.8) is 0 Å². The molecular weight excluding hydrogens is 526 g/mol. The lowest BCUT2D eigenvalue weighted by Crippen LogP contribution is -2.62. The number of carbonyl (C=O) groups excluding carboxylic acids is 2. The molecule has 1 atom stereocenters. The largest absolute Gasteiger partial charge is 0.481 e. The van der Waals surface area contributed by atoms with E-state index < -0.39 is 41.8 Å². The second-order valence-corrected chi connectivity index (χ2v) is 10.1. The number of aliphatic carboxylic acids is 2. The molecule has 41 heavy (non-hydrogen) atoms. The molecule has 0 radical (unpaired) electrons. The molecule has 0 unspecified atom stereocenters. The summed E-state index contributed by atoms with van der Waals surface area (Å²) in [7, 11) is 0. The fraction of sp³-hybridized carbons (Fsp3) is 0.433. The lowest BCUT2D eigenvalue weighted by atomic mass is 9.84. The zero-order valence-corrected chi connectivity index (χ0v) is 23.3. The van der Waals surface area contributed by atoms with Crippen LogP contribution in [-0.4, -0.2) is 58.1 Å². The van der Waals surface area contributed by atoms with Gasteiger partial charge in [-0.3, -0.25) is 19.4 Å². The third-order valence-electron chi connectivity index (χ3n) is 6.61. The molecule has 11 nitrogen and oxygen atoms in total. The van der Waals surface area contributed by atoms with Crippen molar-refractivity contribution in [3.8, 4) is 0 Å². The zero-order chi connectivity index (χ0) is 30.1. The topological polar surface area (TPSA) is 197 Å². The first-order valence-corrected chi connectivity index (χ1v) is 13.8. The van der Waals surface area contributed by atoms with E-state index in [0.717, 1.165) is 32.1 Å². The van der Waals surface area contributed by atoms with E-state index >= 15 is 0 Å². The van der Waals surface area contributed by atoms with Crippen LogP contribution < -0.4 is 22.1 Å². The average molecular weight is 568 g/mol. The van der Waals surface area contributed by atoms with Gasteiger partial charge in [-0.15, -0.1) is 0 Å². The van der Waals surface area contributed by atoms with E-state index in [1.165, 1.54) is 0 Å². The third-order valence-corrected chi connectivity index (χ3v) is 6.61. The van der Waals surface area contributed by atoms with E-state index in [9.17, 15) is 29.4 Å². The molecule has 0 fully saturated rings. The van der Waals surface area contributed by atoms with Crippen molar-refractivity contribution in [1.29, 1.82) is 0 Å². The predicted octanol–water partition coefficient (Wildman–Crippen LogP) is 2.38. The van der Waals surface area contributed by atoms with Gasteiger partial charge in [0.25, 0.3) is 0 Å². The van der Waals surface area contributed by atoms with Crippen molar-refractivity contribution in [1.82, 2.24) is 10.6 Å². The fourth-order valence-corrected chi connectivity index (χ4v) is 4.53. The highest BCUT2D eigenvalue weighted by molar-refractivity contribution is 5.94. The van der Waals surface area contributed by atoms with Crippen LogP contribution in [0.2, 0.25) is 0 Å². The van der Waals surface area contributed by atoms with Gasteiger partial charge in [-0.05, 0) is 24.0 Å². The molecule has 0 aromatic heterocycles. The number of nitrogens with zero attached hydrogens (tertiary/aromatic N) is 1. The molecule has 2 rings (SSSR count). The molecule has 0 saturated heterocycles. The molecule has 8 N–H and O–H groups in total. The Labute approximate surface area is 240 Å². The lowest BCUT2D eigenvalue weighted by Gasteiger charge is -2.33. The van der Waals surface area contributed by atoms with Crippen LogP contribution >= 0.6 is 0 Å². The number of benzene rings is 2. The summed E-state index contributed by atoms with van der Waals surface area (Å²) in [5.41, 5.74) is 10.2. The molecule has 0 aliphatic heterocycles. The second kappa shape index (κ2) is 17.3. The van der Waals surface area contributed by atoms with Crippen molar-refractivity contribution in [3.05, 3.63) is 71.8 Å². The number of nitrogens with two attached hydrogens (primary N) is 2. The van der Waals surface area contributed by atoms with Crippen LogP contribution in [0.1, 0.15) is 62.5 Å². The van der Waals surface area contributed by atoms with E-state index in [4.69, 9.17) is 11.5 Å². The Morgan fingerprint density at radius 3 is 1.78 bits per heavy atom. The van der Waals surface area contributed by atoms with E-state index in [2.05, 4.69) is 15.6 Å². The van der Waals surface area contributed by atoms with E-state index in [0.29, 0.717) is 24.1 Å². The first-order chi connectivity index (χ1) is 19.6. The summed E-state index contributed by atoms with van der Waals surface area (Å²) in [5, 5.41) is 24.9. The minimum atomic E-state index is -1.78. The Kier molecular flexibility index (Phi) is 13.9. The fourth-order valence-electron chi connectivity index (χ4n) is 4.53. The Bertz CT molecular complexity index is 1110. The van der Waals surface area contributed by atoms with Gasteiger partial charge in [0, 0.05) is 25.8 Å². The molecular formula is C30H41N5O6. The first kappa shape index (κ1) is 32.8. The maximum Gasteiger partial charge on any atom is 0.330 e. The Morgan fingerprint density at radius 2 is 1.29 bits per heavy atom. The zero-order valence-electron chi connectivity index (χ0n) is 23.3. The minimum Gasteiger partial charge on any atom is -0.481 e. The van der Waals surface area contributed by atoms with Gasteiger partial charge in [-0.25, -0.2) is 4.79 Å². The number of rotatable bonds is 19. The normalized spacial score (nSPS) is 11.7. The van der Waals surface area contributed by atoms with Gasteiger partial charge >= 0.3 is 11.9 Å². The standard InChI is InChI=1S/C30H41N5O6/c31-29(32)33-18-12-4-2-1-3-11-17-25(36)34-24(19-26(37)38)27(39)35-30(28(40)41,20-22-13-7-5-8-14-22)21-23-15-9-6-10-16-23/h5-10,13-16,24H,1-4,11-12,17-21H2,(H,34,36)(H,35,39)(H,37,38)(H,40,41)(H4,31,32,33)/t24-/m0/s1. The molecule has 0 aliphatic rings. The second-order valence-electron chi connectivity index (χ2n) is 10.1. The van der Waals surface area contributed by atoms with Gasteiger partial charge in [-0.1, -0.05) is 86.3 Å². The smallest absolute Gasteiger partial charge is 0.330 e. The summed E-state index contributed by atoms with van der Waals surface area (Å²) in [6.07, 6.45) is 4.43. The van der Waals surface area contributed by atoms with Crippen molar-refractivity contribution in [2.75, 3.05) is 6.54 Å². The number of carbonyl (C=O) groups is 4. The molecule has 11 heteroatoms. The molecule has 0 heterocycles. The summed E-state index contributed by atoms with van der Waals surface area (Å²) >= 11 is 0. The maximum absolute atomic E-state index is 13.4. The molecule has 0 aliphatic carbocycles. The van der Waals surface area contributed by atoms with Gasteiger partial charge in [0.15, 0.2) is 5.96 Å². The highest BCUT2D eigenvalue weighted by Crippen LogP contribution is 2.21. The number of carboxylic acids is 2. The number of carboxylic acid groups (broad SMARTS) is 2. The van der Waals surface area contributed by atoms with Gasteiger partial charge in [0.2, 0.25) is 11.8 Å². The number of hydrogen-bond donors (Lipinski definition) is 6. The quantitative estimate of drug-likeness (QED) is 0.0844. The van der Waals surface area contributed by atoms with Gasteiger partial charge < -0.3 is 32.3 Å². The summed E-state index contributed by atoms with van der Waals surface area (Å²) in [6, 6.07) is 16.3. The van der Waals surface area contributed by atoms with Crippen LogP contribution in [0, 0.1) is 0 Å². The van der Waals surface area contributed by atoms with Crippen molar-refractivity contribution in [2.45, 2.75) is 75.8 Å². The van der Waals surface area contributed by atoms with Crippen molar-refractivity contribution in [2.24, 2.45) is 16.5 Å². The van der Waals surface area contributed by atoms with E-state index in [1.54, 1.807) is 60.7 Å². The maximum atomic E-state index is 13.4. The number of unbranched alkanes of at least 4 members (excludes halogenated alkanes) is 5. The highest BCUT2D eigenvalue weighted by Gasteiger charge is 2.42. The molecule has 0 saturated carbocycles. The summed E-state index contributed by atoms with van der Waals surface area (Å²) in [5.74, 6) is -3.82. The van der Waals surface area contributed by atoms with Crippen molar-refractivity contribution >= 4 is 29.7 Å². The molecule has 2 aromatic carbocycles. The molecule has 2 amide bonds. The van der Waals surface area contributed by atoms with Gasteiger partial charge in [0.1, 0.15) is 11.6 Å². The monoisotopic (exact) mass is 567 g/mol. The predicted molar refractivity (Wildman–Crippen MR) is 156 cm³/mol. The number of aliphatic imine (C=N–C) groups is 1. The number of hydrogen-bond acceptors (Lipinski definition) is 5. The van der Waals surface area contributed by atoms with E-state index in [1.807, 2.05) is 0 Å². The number of guanidine groups is 1. The summed E-state index contributed by atoms with van der Waals surface area (Å²) in [6.45, 7) is 0.581. The van der Waals surface area contributed by atoms with Crippen LogP contribution in [0.15, 0.2) is 65.7 Å². The minimum absolute atomic E-state index is 0.0382. The van der Waals surface area contributed by atoms with Gasteiger partial charge in [-0.2, -0.15) is 0 Å². The molecule has 222 valence electrons. The molecule has 0 bridgehead atoms. The van der Waals surface area contributed by atoms with Crippen molar-refractivity contribution < 1.29 is 29.4 Å². The van der Waals surface area contributed by atoms with Gasteiger partial charge in [0.05, 0.1) is 6.42 Å². The van der Waals surface area contributed by atoms with Crippen LogP contribution in [0.25, 0.3) is 0 Å². The summed E-state index contributed by atoms with van der Waals surface area (Å²) < 4.78 is 0. The van der Waals surface area contributed by atoms with Crippen LogP contribution in [0.5, 0.6) is 0 Å². The Morgan fingerprint density at radius 1 is 0.780 bits per heavy atom. The first-order valence-electron chi connectivity index (χ1n) is 13.8.